The molecule has 1 aromatic heterocycles. The minimum absolute atomic E-state index is 0.0139. The van der Waals surface area contributed by atoms with Crippen LogP contribution in [0.2, 0.25) is 0 Å². The Labute approximate surface area is 427 Å². The smallest absolute Gasteiger partial charge is 0.269 e. The second-order valence-corrected chi connectivity index (χ2v) is 17.9. The van der Waals surface area contributed by atoms with Crippen molar-refractivity contribution in [1.29, 1.82) is 5.41 Å². The molecule has 26 nitrogen and oxygen atoms in total. The number of nitro groups is 1. The summed E-state index contributed by atoms with van der Waals surface area (Å²) in [6, 6.07) is 3.52. The third-order valence-corrected chi connectivity index (χ3v) is 12.1. The quantitative estimate of drug-likeness (QED) is 0.0211. The number of fused-ring (bicyclic) bond motifs is 1. The number of rotatable bonds is 18. The Morgan fingerprint density at radius 1 is 0.811 bits per heavy atom. The van der Waals surface area contributed by atoms with Crippen LogP contribution in [0, 0.1) is 15.5 Å². The molecule has 26 heteroatoms. The number of H-pyrrole nitrogens is 1. The van der Waals surface area contributed by atoms with E-state index in [1.807, 2.05) is 24.3 Å². The third-order valence-electron chi connectivity index (χ3n) is 12.1. The molecule has 1 fully saturated rings. The van der Waals surface area contributed by atoms with Crippen LogP contribution in [0.25, 0.3) is 10.9 Å². The number of nitro benzene ring substituents is 1. The number of nitrogens with one attached hydrogen (secondary N) is 11. The first kappa shape index (κ1) is 58.4. The number of carbonyl (C=O) groups excluding carboxylic acids is 8. The van der Waals surface area contributed by atoms with Crippen LogP contribution in [-0.4, -0.2) is 132 Å². The van der Waals surface area contributed by atoms with E-state index >= 15 is 0 Å². The van der Waals surface area contributed by atoms with Gasteiger partial charge in [0.1, 0.15) is 36.3 Å². The van der Waals surface area contributed by atoms with E-state index in [2.05, 4.69) is 59.4 Å². The maximum absolute atomic E-state index is 14.5. The summed E-state index contributed by atoms with van der Waals surface area (Å²) in [4.78, 5) is 125. The van der Waals surface area contributed by atoms with Gasteiger partial charge in [0.25, 0.3) is 5.69 Å². The molecular formula is C48H70N16O10. The van der Waals surface area contributed by atoms with Gasteiger partial charge in [0.05, 0.1) is 11.0 Å². The van der Waals surface area contributed by atoms with Crippen LogP contribution in [0.15, 0.2) is 67.0 Å². The molecule has 7 atom stereocenters. The van der Waals surface area contributed by atoms with Crippen LogP contribution in [0.3, 0.4) is 0 Å². The normalized spacial score (nSPS) is 21.3. The largest absolute Gasteiger partial charge is 0.401 e. The second kappa shape index (κ2) is 29.4. The summed E-state index contributed by atoms with van der Waals surface area (Å²) in [7, 11) is 0. The average Bonchev–Trinajstić information content (AvgIpc) is 3.76. The van der Waals surface area contributed by atoms with Gasteiger partial charge in [-0.25, -0.2) is 0 Å². The van der Waals surface area contributed by atoms with Crippen molar-refractivity contribution < 1.29 is 43.3 Å². The van der Waals surface area contributed by atoms with Gasteiger partial charge in [-0.05, 0) is 81.6 Å². The molecule has 402 valence electrons. The van der Waals surface area contributed by atoms with Crippen LogP contribution >= 0.6 is 0 Å². The molecule has 1 aliphatic rings. The molecule has 8 amide bonds. The standard InChI is InChI=1S/C48H70N16O10/c1-27(51)33-11-6-22-54-41(66)18-17-37(60-42(67)35(57-28(2)65)12-7-23-55-48(52)53)44(69)61-38(19-21-50)45(70)62-39(24-29-13-15-31(16-14-29)64(73)74)46(71)59-36(10-5-20-49)43(68)63-40(47(72)58-33)25-30-26-56-34-9-4-3-8-32(30)34/h3-4,8-9,13-16,26,33,35-40,56H,1,5-7,10-12,17-25,49-51H2,2H3,(H,54,66)(H,57,65)(H,58,72)(H,59,71)(H,60,67)(H,61,69)(H,62,70)(H,63,68)(H4,52,53,55)/t33?,35-,36-,37-,38-,39+,40-/m0/s1. The number of amides is 8. The van der Waals surface area contributed by atoms with E-state index in [0.29, 0.717) is 11.1 Å². The lowest BCUT2D eigenvalue weighted by Crippen LogP contribution is -2.60. The van der Waals surface area contributed by atoms with Gasteiger partial charge in [-0.3, -0.25) is 53.9 Å². The van der Waals surface area contributed by atoms with E-state index in [0.717, 1.165) is 10.9 Å². The van der Waals surface area contributed by atoms with Crippen molar-refractivity contribution in [1.82, 2.24) is 52.8 Å². The lowest BCUT2D eigenvalue weighted by atomic mass is 10.0. The van der Waals surface area contributed by atoms with E-state index in [1.165, 1.54) is 31.2 Å². The molecule has 0 bridgehead atoms. The molecule has 0 aliphatic carbocycles. The van der Waals surface area contributed by atoms with Crippen LogP contribution in [-0.2, 0) is 51.2 Å². The van der Waals surface area contributed by atoms with Crippen molar-refractivity contribution in [2.45, 2.75) is 120 Å². The van der Waals surface area contributed by atoms with Gasteiger partial charge in [-0.15, -0.1) is 0 Å². The fraction of sp³-hybridized carbons (Fsp3) is 0.479. The van der Waals surface area contributed by atoms with Crippen molar-refractivity contribution in [2.24, 2.45) is 22.9 Å². The number of hydrogen-bond donors (Lipinski definition) is 15. The summed E-state index contributed by atoms with van der Waals surface area (Å²) >= 11 is 0. The number of hydrogen-bond acceptors (Lipinski definition) is 14. The Morgan fingerprint density at radius 2 is 1.43 bits per heavy atom. The first-order valence-corrected chi connectivity index (χ1v) is 24.4. The number of guanidine groups is 1. The first-order chi connectivity index (χ1) is 35.3. The summed E-state index contributed by atoms with van der Waals surface area (Å²) in [6.45, 7) is 5.25. The Bertz CT molecular complexity index is 2480. The van der Waals surface area contributed by atoms with Gasteiger partial charge in [0.15, 0.2) is 5.96 Å². The molecule has 0 radical (unpaired) electrons. The monoisotopic (exact) mass is 1030 g/mol. The van der Waals surface area contributed by atoms with Gasteiger partial charge in [0, 0.05) is 74.2 Å². The number of para-hydroxylation sites is 1. The Balaban J connectivity index is 1.75. The van der Waals surface area contributed by atoms with Crippen LogP contribution in [0.4, 0.5) is 5.69 Å². The fourth-order valence-electron chi connectivity index (χ4n) is 8.15. The molecule has 0 saturated carbocycles. The van der Waals surface area contributed by atoms with E-state index in [9.17, 15) is 48.5 Å². The van der Waals surface area contributed by atoms with Crippen molar-refractivity contribution in [3.8, 4) is 0 Å². The van der Waals surface area contributed by atoms with Crippen molar-refractivity contribution >= 4 is 69.8 Å². The maximum Gasteiger partial charge on any atom is 0.269 e. The van der Waals surface area contributed by atoms with Gasteiger partial charge in [0.2, 0.25) is 47.3 Å². The van der Waals surface area contributed by atoms with E-state index in [4.69, 9.17) is 28.3 Å². The Morgan fingerprint density at radius 3 is 2.07 bits per heavy atom. The predicted octanol–water partition coefficient (Wildman–Crippen LogP) is -2.21. The Hall–Kier alpha value is -8.13. The minimum atomic E-state index is -1.51. The molecular weight excluding hydrogens is 961 g/mol. The molecule has 19 N–H and O–H groups in total. The van der Waals surface area contributed by atoms with Crippen LogP contribution in [0.5, 0.6) is 0 Å². The summed E-state index contributed by atoms with van der Waals surface area (Å²) in [5, 5.41) is 43.7. The fourth-order valence-corrected chi connectivity index (χ4v) is 8.15. The number of carbonyl (C=O) groups is 8. The van der Waals surface area contributed by atoms with Crippen LogP contribution < -0.4 is 70.8 Å². The number of nitrogens with zero attached hydrogens (tertiary/aromatic N) is 1. The topological polar surface area (TPSA) is 432 Å². The molecule has 74 heavy (non-hydrogen) atoms. The molecule has 1 unspecified atom stereocenters. The van der Waals surface area contributed by atoms with E-state index < -0.39 is 94.5 Å². The second-order valence-electron chi connectivity index (χ2n) is 17.9. The Kier molecular flexibility index (Phi) is 23.2. The van der Waals surface area contributed by atoms with Gasteiger partial charge < -0.3 is 75.8 Å². The summed E-state index contributed by atoms with van der Waals surface area (Å²) in [5.41, 5.74) is 25.0. The summed E-state index contributed by atoms with van der Waals surface area (Å²) in [5.74, 6) is -6.33. The minimum Gasteiger partial charge on any atom is -0.401 e. The summed E-state index contributed by atoms with van der Waals surface area (Å²) in [6.07, 6.45) is 1.60. The van der Waals surface area contributed by atoms with Gasteiger partial charge in [-0.1, -0.05) is 36.9 Å². The number of aromatic amines is 1. The highest BCUT2D eigenvalue weighted by Crippen LogP contribution is 2.20. The van der Waals surface area contributed by atoms with Crippen molar-refractivity contribution in [2.75, 3.05) is 26.2 Å². The first-order valence-electron chi connectivity index (χ1n) is 24.4. The zero-order valence-corrected chi connectivity index (χ0v) is 41.4. The average molecular weight is 1030 g/mol. The van der Waals surface area contributed by atoms with Crippen LogP contribution in [0.1, 0.15) is 75.8 Å². The SMILES string of the molecule is C=C(N)C1CCCNC(=O)CC[C@H](NC(=O)[C@H](CCCNC(=N)N)NC(C)=O)C(=O)N[C@@H](CCN)C(=O)N[C@H](Cc2ccc([N+](=O)[O-])cc2)C(=O)N[C@@H](CCCN)C(=O)N[C@@H](Cc2c[nH]c3ccccc23)C(=O)N1. The van der Waals surface area contributed by atoms with Gasteiger partial charge in [-0.2, -0.15) is 0 Å². The third kappa shape index (κ3) is 18.8. The lowest BCUT2D eigenvalue weighted by molar-refractivity contribution is -0.384. The molecule has 1 saturated heterocycles. The molecule has 0 spiro atoms. The number of nitrogens with two attached hydrogens (primary N) is 4. The predicted molar refractivity (Wildman–Crippen MR) is 274 cm³/mol. The summed E-state index contributed by atoms with van der Waals surface area (Å²) < 4.78 is 0. The van der Waals surface area contributed by atoms with E-state index in [1.54, 1.807) is 6.20 Å². The van der Waals surface area contributed by atoms with E-state index in [-0.39, 0.29) is 114 Å². The zero-order valence-electron chi connectivity index (χ0n) is 41.4. The molecule has 1 aliphatic heterocycles. The van der Waals surface area contributed by atoms with Gasteiger partial charge >= 0.3 is 0 Å². The molecule has 2 aromatic carbocycles. The highest BCUT2D eigenvalue weighted by molar-refractivity contribution is 5.97. The number of benzene rings is 2. The number of aromatic nitrogens is 1. The molecule has 3 aromatic rings. The zero-order chi connectivity index (χ0) is 54.3. The molecule has 4 rings (SSSR count). The van der Waals surface area contributed by atoms with Crippen molar-refractivity contribution in [3.63, 3.8) is 0 Å². The lowest BCUT2D eigenvalue weighted by Gasteiger charge is -2.28. The molecule has 2 heterocycles. The number of non-ortho nitro benzene ring substituents is 1. The highest BCUT2D eigenvalue weighted by atomic mass is 16.6. The maximum atomic E-state index is 14.5. The van der Waals surface area contributed by atoms with Crippen molar-refractivity contribution in [3.05, 3.63) is 88.2 Å². The highest BCUT2D eigenvalue weighted by Gasteiger charge is 2.34.